The molecule has 0 spiro atoms. The summed E-state index contributed by atoms with van der Waals surface area (Å²) in [4.78, 5) is 13.5. The minimum atomic E-state index is -0.262. The molecule has 5 rings (SSSR count). The molecule has 0 saturated carbocycles. The molecule has 8 nitrogen and oxygen atoms in total. The number of hydrogen-bond donors (Lipinski definition) is 1. The first-order valence-electron chi connectivity index (χ1n) is 11.6. The summed E-state index contributed by atoms with van der Waals surface area (Å²) in [6, 6.07) is 16.1. The average Bonchev–Trinajstić information content (AvgIpc) is 3.41. The highest BCUT2D eigenvalue weighted by atomic mass is 19.1. The lowest BCUT2D eigenvalue weighted by Gasteiger charge is -2.14. The number of anilines is 2. The molecule has 4 heterocycles. The molecule has 4 aromatic rings. The molecule has 1 aromatic carbocycles. The fourth-order valence-corrected chi connectivity index (χ4v) is 3.75. The molecule has 0 unspecified atom stereocenters. The van der Waals surface area contributed by atoms with Gasteiger partial charge in [-0.15, -0.1) is 5.10 Å². The molecule has 1 aliphatic rings. The van der Waals surface area contributed by atoms with Crippen molar-refractivity contribution in [3.63, 3.8) is 0 Å². The summed E-state index contributed by atoms with van der Waals surface area (Å²) in [6.45, 7) is 4.43. The Kier molecular flexibility index (Phi) is 6.70. The van der Waals surface area contributed by atoms with Crippen LogP contribution in [0.25, 0.3) is 11.4 Å². The average molecular weight is 482 g/mol. The van der Waals surface area contributed by atoms with Crippen molar-refractivity contribution in [3.8, 4) is 22.9 Å². The molecule has 9 heteroatoms. The third-order valence-electron chi connectivity index (χ3n) is 5.80. The molecule has 0 fully saturated rings. The number of halogens is 1. The molecule has 1 aliphatic heterocycles. The Bertz CT molecular complexity index is 1450. The van der Waals surface area contributed by atoms with Crippen LogP contribution in [0, 0.1) is 19.7 Å². The van der Waals surface area contributed by atoms with Gasteiger partial charge in [-0.05, 0) is 85.5 Å². The first-order chi connectivity index (χ1) is 17.5. The minimum absolute atomic E-state index is 0.262. The highest BCUT2D eigenvalue weighted by Crippen LogP contribution is 2.33. The summed E-state index contributed by atoms with van der Waals surface area (Å²) in [7, 11) is 0. The summed E-state index contributed by atoms with van der Waals surface area (Å²) >= 11 is 0. The monoisotopic (exact) mass is 481 g/mol. The van der Waals surface area contributed by atoms with Gasteiger partial charge in [0.15, 0.2) is 5.75 Å². The van der Waals surface area contributed by atoms with Gasteiger partial charge in [0.2, 0.25) is 0 Å². The van der Waals surface area contributed by atoms with Crippen LogP contribution in [0.1, 0.15) is 23.2 Å². The topological polar surface area (TPSA) is 97.0 Å². The zero-order chi connectivity index (χ0) is 24.9. The van der Waals surface area contributed by atoms with E-state index in [9.17, 15) is 4.39 Å². The van der Waals surface area contributed by atoms with Crippen LogP contribution in [0.3, 0.4) is 0 Å². The number of aromatic nitrogens is 3. The molecule has 1 N–H and O–H groups in total. The Hall–Kier alpha value is -4.53. The predicted molar refractivity (Wildman–Crippen MR) is 136 cm³/mol. The molecule has 3 aromatic heterocycles. The fourth-order valence-electron chi connectivity index (χ4n) is 3.75. The van der Waals surface area contributed by atoms with Gasteiger partial charge in [-0.3, -0.25) is 4.98 Å². The Morgan fingerprint density at radius 3 is 2.69 bits per heavy atom. The second-order valence-corrected chi connectivity index (χ2v) is 8.42. The number of hydrogen-bond acceptors (Lipinski definition) is 8. The number of nitrogens with zero attached hydrogens (tertiary/aromatic N) is 6. The Morgan fingerprint density at radius 1 is 0.972 bits per heavy atom. The highest BCUT2D eigenvalue weighted by molar-refractivity contribution is 5.87. The fraction of sp³-hybridized carbons (Fsp3) is 0.185. The molecule has 0 aliphatic carbocycles. The van der Waals surface area contributed by atoms with E-state index in [1.54, 1.807) is 36.7 Å². The van der Waals surface area contributed by atoms with E-state index >= 15 is 0 Å². The molecule has 0 amide bonds. The van der Waals surface area contributed by atoms with Gasteiger partial charge in [-0.1, -0.05) is 6.07 Å². The summed E-state index contributed by atoms with van der Waals surface area (Å²) in [5.41, 5.74) is 5.49. The third-order valence-corrected chi connectivity index (χ3v) is 5.80. The van der Waals surface area contributed by atoms with Gasteiger partial charge in [-0.2, -0.15) is 5.11 Å². The second kappa shape index (κ2) is 10.4. The zero-order valence-electron chi connectivity index (χ0n) is 19.9. The number of ether oxygens (including phenoxy) is 1. The van der Waals surface area contributed by atoms with E-state index in [1.165, 1.54) is 6.07 Å². The van der Waals surface area contributed by atoms with E-state index < -0.39 is 0 Å². The van der Waals surface area contributed by atoms with E-state index in [4.69, 9.17) is 9.72 Å². The smallest absolute Gasteiger partial charge is 0.155 e. The summed E-state index contributed by atoms with van der Waals surface area (Å²) in [5.74, 6) is 1.50. The van der Waals surface area contributed by atoms with Crippen molar-refractivity contribution < 1.29 is 9.13 Å². The van der Waals surface area contributed by atoms with Crippen molar-refractivity contribution in [2.45, 2.75) is 26.7 Å². The van der Waals surface area contributed by atoms with Crippen LogP contribution in [0.4, 0.5) is 15.9 Å². The molecular formula is C27H24FN7O. The lowest BCUT2D eigenvalue weighted by atomic mass is 10.1. The van der Waals surface area contributed by atoms with Gasteiger partial charge in [0.05, 0.1) is 11.4 Å². The number of benzene rings is 1. The minimum Gasteiger partial charge on any atom is -0.455 e. The number of aryl methyl sites for hydroxylation is 3. The predicted octanol–water partition coefficient (Wildman–Crippen LogP) is 6.58. The van der Waals surface area contributed by atoms with Gasteiger partial charge >= 0.3 is 0 Å². The van der Waals surface area contributed by atoms with Crippen LogP contribution >= 0.6 is 0 Å². The van der Waals surface area contributed by atoms with Crippen LogP contribution < -0.4 is 10.1 Å². The van der Waals surface area contributed by atoms with Gasteiger partial charge in [-0.25, -0.2) is 14.4 Å². The molecular weight excluding hydrogens is 457 g/mol. The summed E-state index contributed by atoms with van der Waals surface area (Å²) < 4.78 is 20.6. The quantitative estimate of drug-likeness (QED) is 0.306. The van der Waals surface area contributed by atoms with Gasteiger partial charge in [0.1, 0.15) is 29.6 Å². The zero-order valence-corrected chi connectivity index (χ0v) is 19.9. The first kappa shape index (κ1) is 23.2. The van der Waals surface area contributed by atoms with Crippen LogP contribution in [0.2, 0.25) is 0 Å². The maximum atomic E-state index is 14.4. The van der Waals surface area contributed by atoms with Crippen molar-refractivity contribution in [2.75, 3.05) is 11.9 Å². The van der Waals surface area contributed by atoms with Gasteiger partial charge in [0, 0.05) is 29.8 Å². The third kappa shape index (κ3) is 5.41. The summed E-state index contributed by atoms with van der Waals surface area (Å²) in [6.07, 6.45) is 4.50. The molecule has 36 heavy (non-hydrogen) atoms. The van der Waals surface area contributed by atoms with Crippen molar-refractivity contribution >= 4 is 17.2 Å². The molecule has 180 valence electrons. The number of pyridine rings is 3. The maximum absolute atomic E-state index is 14.4. The lowest BCUT2D eigenvalue weighted by molar-refractivity contribution is 0.481. The van der Waals surface area contributed by atoms with E-state index in [2.05, 4.69) is 30.7 Å². The molecule has 0 radical (unpaired) electrons. The van der Waals surface area contributed by atoms with Crippen LogP contribution in [-0.2, 0) is 6.42 Å². The van der Waals surface area contributed by atoms with E-state index in [1.807, 2.05) is 38.1 Å². The van der Waals surface area contributed by atoms with Crippen molar-refractivity contribution in [1.82, 2.24) is 15.0 Å². The van der Waals surface area contributed by atoms with Crippen LogP contribution in [-0.4, -0.2) is 27.2 Å². The molecule has 0 bridgehead atoms. The highest BCUT2D eigenvalue weighted by Gasteiger charge is 2.14. The van der Waals surface area contributed by atoms with Crippen molar-refractivity contribution in [1.29, 1.82) is 0 Å². The van der Waals surface area contributed by atoms with Crippen molar-refractivity contribution in [2.24, 2.45) is 15.4 Å². The Morgan fingerprint density at radius 2 is 1.89 bits per heavy atom. The number of rotatable bonds is 8. The van der Waals surface area contributed by atoms with Crippen LogP contribution in [0.5, 0.6) is 11.5 Å². The normalized spacial score (nSPS) is 12.5. The maximum Gasteiger partial charge on any atom is 0.155 e. The van der Waals surface area contributed by atoms with E-state index in [-0.39, 0.29) is 5.82 Å². The van der Waals surface area contributed by atoms with E-state index in [0.29, 0.717) is 48.0 Å². The second-order valence-electron chi connectivity index (χ2n) is 8.42. The molecule has 0 saturated heterocycles. The Labute approximate surface area is 208 Å². The molecule has 0 atom stereocenters. The SMILES string of the molecule is Cc1cc(Oc2ccnc(Nc3ccc(F)c(CCC4=NN=NC4)c3)c2)c(-c2ccccn2)nc1C. The van der Waals surface area contributed by atoms with Crippen LogP contribution in [0.15, 0.2) is 82.4 Å². The van der Waals surface area contributed by atoms with Crippen molar-refractivity contribution in [3.05, 3.63) is 89.6 Å². The number of nitrogens with one attached hydrogen (secondary N) is 1. The largest absolute Gasteiger partial charge is 0.455 e. The first-order valence-corrected chi connectivity index (χ1v) is 11.6. The van der Waals surface area contributed by atoms with Gasteiger partial charge in [0.25, 0.3) is 0 Å². The van der Waals surface area contributed by atoms with Gasteiger partial charge < -0.3 is 10.1 Å². The Balaban J connectivity index is 1.35. The standard InChI is InChI=1S/C27H24FN7O/c1-17-13-25(27(32-18(17)2)24-5-3-4-11-29-24)36-22-10-12-30-26(15-22)33-20-8-9-23(28)19(14-20)6-7-21-16-31-35-34-21/h3-5,8-15H,6-7,16H2,1-2H3,(H,30,33). The summed E-state index contributed by atoms with van der Waals surface area (Å²) in [5, 5.41) is 14.6. The van der Waals surface area contributed by atoms with E-state index in [0.717, 1.165) is 28.4 Å². The lowest BCUT2D eigenvalue weighted by Crippen LogP contribution is -2.03.